The van der Waals surface area contributed by atoms with E-state index in [-0.39, 0.29) is 12.0 Å². The van der Waals surface area contributed by atoms with Crippen LogP contribution in [-0.2, 0) is 11.8 Å². The molecule has 0 fully saturated rings. The zero-order valence-corrected chi connectivity index (χ0v) is 11.8. The number of hydrogen-bond donors (Lipinski definition) is 1. The maximum atomic E-state index is 8.92. The Labute approximate surface area is 109 Å². The molecular formula is C14H21ClO2. The number of aryl methyl sites for hydroxylation is 1. The number of rotatable bonds is 4. The summed E-state index contributed by atoms with van der Waals surface area (Å²) in [5, 5.41) is 9.56. The van der Waals surface area contributed by atoms with E-state index in [4.69, 9.17) is 21.4 Å². The molecule has 0 radical (unpaired) electrons. The molecule has 0 aromatic heterocycles. The van der Waals surface area contributed by atoms with Crippen molar-refractivity contribution in [3.63, 3.8) is 0 Å². The second-order valence-electron chi connectivity index (χ2n) is 5.23. The van der Waals surface area contributed by atoms with Crippen LogP contribution >= 0.6 is 11.6 Å². The van der Waals surface area contributed by atoms with Gasteiger partial charge in [0.05, 0.1) is 12.1 Å². The third-order valence-corrected chi connectivity index (χ3v) is 3.08. The number of benzene rings is 1. The van der Waals surface area contributed by atoms with Gasteiger partial charge in [-0.15, -0.1) is 0 Å². The third-order valence-electron chi connectivity index (χ3n) is 2.79. The highest BCUT2D eigenvalue weighted by Crippen LogP contribution is 2.35. The molecule has 1 rings (SSSR count). The number of methoxy groups -OCH3 is 1. The van der Waals surface area contributed by atoms with Crippen LogP contribution in [0.1, 0.15) is 38.3 Å². The Bertz CT molecular complexity index is 381. The molecule has 0 aliphatic heterocycles. The van der Waals surface area contributed by atoms with E-state index in [0.29, 0.717) is 5.02 Å². The predicted octanol–water partition coefficient (Wildman–Crippen LogP) is 3.57. The molecular weight excluding hydrogens is 236 g/mol. The van der Waals surface area contributed by atoms with Crippen molar-refractivity contribution >= 4 is 11.6 Å². The van der Waals surface area contributed by atoms with E-state index in [2.05, 4.69) is 26.8 Å². The van der Waals surface area contributed by atoms with Gasteiger partial charge in [0.25, 0.3) is 0 Å². The lowest BCUT2D eigenvalue weighted by molar-refractivity contribution is 0.287. The first-order chi connectivity index (χ1) is 7.90. The van der Waals surface area contributed by atoms with Gasteiger partial charge < -0.3 is 9.84 Å². The van der Waals surface area contributed by atoms with Gasteiger partial charge in [0.1, 0.15) is 5.75 Å². The van der Waals surface area contributed by atoms with Crippen LogP contribution in [0.3, 0.4) is 0 Å². The van der Waals surface area contributed by atoms with Crippen LogP contribution in [0, 0.1) is 0 Å². The predicted molar refractivity (Wildman–Crippen MR) is 72.1 cm³/mol. The molecule has 96 valence electrons. The molecule has 3 heteroatoms. The minimum Gasteiger partial charge on any atom is -0.495 e. The number of aliphatic hydroxyl groups is 1. The summed E-state index contributed by atoms with van der Waals surface area (Å²) in [7, 11) is 1.63. The van der Waals surface area contributed by atoms with Crippen LogP contribution in [0.4, 0.5) is 0 Å². The quantitative estimate of drug-likeness (QED) is 0.893. The van der Waals surface area contributed by atoms with Gasteiger partial charge in [-0.25, -0.2) is 0 Å². The molecule has 0 atom stereocenters. The van der Waals surface area contributed by atoms with Crippen molar-refractivity contribution in [3.05, 3.63) is 28.3 Å². The SMILES string of the molecule is COc1c(Cl)cc(C(C)(C)C)cc1CCCO. The summed E-state index contributed by atoms with van der Waals surface area (Å²) in [6, 6.07) is 4.09. The van der Waals surface area contributed by atoms with Gasteiger partial charge >= 0.3 is 0 Å². The highest BCUT2D eigenvalue weighted by Gasteiger charge is 2.18. The van der Waals surface area contributed by atoms with Crippen molar-refractivity contribution in [2.45, 2.75) is 39.0 Å². The smallest absolute Gasteiger partial charge is 0.140 e. The highest BCUT2D eigenvalue weighted by molar-refractivity contribution is 6.32. The fourth-order valence-electron chi connectivity index (χ4n) is 1.77. The summed E-state index contributed by atoms with van der Waals surface area (Å²) in [5.74, 6) is 0.730. The summed E-state index contributed by atoms with van der Waals surface area (Å²) in [6.07, 6.45) is 1.50. The summed E-state index contributed by atoms with van der Waals surface area (Å²) in [5.41, 5.74) is 2.32. The minimum absolute atomic E-state index is 0.0594. The lowest BCUT2D eigenvalue weighted by atomic mass is 9.85. The molecule has 1 N–H and O–H groups in total. The van der Waals surface area contributed by atoms with Crippen LogP contribution in [-0.4, -0.2) is 18.8 Å². The molecule has 0 aliphatic carbocycles. The standard InChI is InChI=1S/C14H21ClO2/c1-14(2,3)11-8-10(6-5-7-16)13(17-4)12(15)9-11/h8-9,16H,5-7H2,1-4H3. The minimum atomic E-state index is 0.0594. The van der Waals surface area contributed by atoms with Crippen molar-refractivity contribution in [2.24, 2.45) is 0 Å². The van der Waals surface area contributed by atoms with Crippen molar-refractivity contribution < 1.29 is 9.84 Å². The number of hydrogen-bond acceptors (Lipinski definition) is 2. The summed E-state index contributed by atoms with van der Waals surface area (Å²) in [4.78, 5) is 0. The van der Waals surface area contributed by atoms with Gasteiger partial charge in [-0.3, -0.25) is 0 Å². The van der Waals surface area contributed by atoms with Crippen molar-refractivity contribution in [1.82, 2.24) is 0 Å². The average Bonchev–Trinajstić information content (AvgIpc) is 2.24. The zero-order valence-electron chi connectivity index (χ0n) is 11.0. The third kappa shape index (κ3) is 3.62. The Hall–Kier alpha value is -0.730. The van der Waals surface area contributed by atoms with Gasteiger partial charge in [-0.05, 0) is 35.4 Å². The highest BCUT2D eigenvalue weighted by atomic mass is 35.5. The second-order valence-corrected chi connectivity index (χ2v) is 5.63. The molecule has 2 nitrogen and oxygen atoms in total. The molecule has 1 aromatic carbocycles. The van der Waals surface area contributed by atoms with Crippen molar-refractivity contribution in [3.8, 4) is 5.75 Å². The molecule has 0 aliphatic rings. The molecule has 1 aromatic rings. The zero-order chi connectivity index (χ0) is 13.1. The Morgan fingerprint density at radius 1 is 1.29 bits per heavy atom. The first kappa shape index (κ1) is 14.3. The van der Waals surface area contributed by atoms with Gasteiger partial charge in [0, 0.05) is 6.61 Å². The molecule has 0 unspecified atom stereocenters. The fraction of sp³-hybridized carbons (Fsp3) is 0.571. The fourth-order valence-corrected chi connectivity index (χ4v) is 2.08. The van der Waals surface area contributed by atoms with E-state index in [0.717, 1.165) is 24.2 Å². The van der Waals surface area contributed by atoms with Crippen LogP contribution in [0.15, 0.2) is 12.1 Å². The van der Waals surface area contributed by atoms with E-state index < -0.39 is 0 Å². The lowest BCUT2D eigenvalue weighted by Crippen LogP contribution is -2.12. The summed E-state index contributed by atoms with van der Waals surface area (Å²) in [6.45, 7) is 6.64. The van der Waals surface area contributed by atoms with Crippen LogP contribution in [0.2, 0.25) is 5.02 Å². The number of ether oxygens (including phenoxy) is 1. The second kappa shape index (κ2) is 5.74. The Kier molecular flexibility index (Phi) is 4.84. The van der Waals surface area contributed by atoms with E-state index in [1.54, 1.807) is 7.11 Å². The van der Waals surface area contributed by atoms with Crippen molar-refractivity contribution in [2.75, 3.05) is 13.7 Å². The number of aliphatic hydroxyl groups excluding tert-OH is 1. The Balaban J connectivity index is 3.19. The lowest BCUT2D eigenvalue weighted by Gasteiger charge is -2.22. The molecule has 0 amide bonds. The molecule has 0 heterocycles. The maximum absolute atomic E-state index is 8.92. The largest absolute Gasteiger partial charge is 0.495 e. The van der Waals surface area contributed by atoms with Crippen molar-refractivity contribution in [1.29, 1.82) is 0 Å². The van der Waals surface area contributed by atoms with Crippen LogP contribution in [0.5, 0.6) is 5.75 Å². The van der Waals surface area contributed by atoms with E-state index in [1.807, 2.05) is 6.07 Å². The van der Waals surface area contributed by atoms with Gasteiger partial charge in [-0.1, -0.05) is 38.4 Å². The Morgan fingerprint density at radius 3 is 2.41 bits per heavy atom. The van der Waals surface area contributed by atoms with Gasteiger partial charge in [0.15, 0.2) is 0 Å². The van der Waals surface area contributed by atoms with E-state index in [9.17, 15) is 0 Å². The summed E-state index contributed by atoms with van der Waals surface area (Å²) < 4.78 is 5.33. The number of halogens is 1. The molecule has 17 heavy (non-hydrogen) atoms. The van der Waals surface area contributed by atoms with Crippen LogP contribution < -0.4 is 4.74 Å². The van der Waals surface area contributed by atoms with E-state index in [1.165, 1.54) is 5.56 Å². The molecule has 0 bridgehead atoms. The summed E-state index contributed by atoms with van der Waals surface area (Å²) >= 11 is 6.23. The van der Waals surface area contributed by atoms with E-state index >= 15 is 0 Å². The Morgan fingerprint density at radius 2 is 1.94 bits per heavy atom. The average molecular weight is 257 g/mol. The molecule has 0 saturated carbocycles. The molecule has 0 saturated heterocycles. The topological polar surface area (TPSA) is 29.5 Å². The maximum Gasteiger partial charge on any atom is 0.140 e. The normalized spacial score (nSPS) is 11.6. The molecule has 0 spiro atoms. The first-order valence-corrected chi connectivity index (χ1v) is 6.25. The monoisotopic (exact) mass is 256 g/mol. The first-order valence-electron chi connectivity index (χ1n) is 5.88. The van der Waals surface area contributed by atoms with Gasteiger partial charge in [-0.2, -0.15) is 0 Å². The van der Waals surface area contributed by atoms with Crippen LogP contribution in [0.25, 0.3) is 0 Å². The van der Waals surface area contributed by atoms with Gasteiger partial charge in [0.2, 0.25) is 0 Å².